The van der Waals surface area contributed by atoms with E-state index in [9.17, 15) is 13.2 Å². The Kier molecular flexibility index (Phi) is 6.83. The third kappa shape index (κ3) is 5.57. The predicted octanol–water partition coefficient (Wildman–Crippen LogP) is 2.70. The van der Waals surface area contributed by atoms with Crippen molar-refractivity contribution in [2.75, 3.05) is 12.8 Å². The summed E-state index contributed by atoms with van der Waals surface area (Å²) in [5.74, 6) is -0.177. The van der Waals surface area contributed by atoms with Crippen molar-refractivity contribution in [1.82, 2.24) is 9.62 Å². The molecule has 0 aromatic heterocycles. The Balaban J connectivity index is 1.89. The van der Waals surface area contributed by atoms with Gasteiger partial charge in [-0.2, -0.15) is 4.31 Å². The molecule has 1 aromatic carbocycles. The highest BCUT2D eigenvalue weighted by Crippen LogP contribution is 2.20. The van der Waals surface area contributed by atoms with Crippen LogP contribution in [0.5, 0.6) is 0 Å². The van der Waals surface area contributed by atoms with Crippen molar-refractivity contribution in [2.45, 2.75) is 51.1 Å². The first-order valence-electron chi connectivity index (χ1n) is 8.29. The van der Waals surface area contributed by atoms with E-state index in [-0.39, 0.29) is 11.9 Å². The minimum absolute atomic E-state index is 0.00415. The van der Waals surface area contributed by atoms with Gasteiger partial charge in [-0.3, -0.25) is 4.79 Å². The van der Waals surface area contributed by atoms with Crippen LogP contribution in [0.3, 0.4) is 0 Å². The molecule has 2 rings (SSSR count). The van der Waals surface area contributed by atoms with Crippen molar-refractivity contribution in [1.29, 1.82) is 0 Å². The Morgan fingerprint density at radius 3 is 2.62 bits per heavy atom. The van der Waals surface area contributed by atoms with Gasteiger partial charge in [-0.1, -0.05) is 34.5 Å². The third-order valence-electron chi connectivity index (χ3n) is 4.35. The van der Waals surface area contributed by atoms with Gasteiger partial charge in [0.15, 0.2) is 0 Å². The number of sulfonamides is 1. The molecule has 7 heteroatoms. The number of halogens is 1. The van der Waals surface area contributed by atoms with E-state index < -0.39 is 16.1 Å². The molecule has 1 aliphatic heterocycles. The average molecular weight is 417 g/mol. The lowest BCUT2D eigenvalue weighted by Gasteiger charge is -2.33. The van der Waals surface area contributed by atoms with Crippen molar-refractivity contribution in [3.63, 3.8) is 0 Å². The number of carbonyl (C=O) groups is 1. The molecule has 1 amide bonds. The number of benzene rings is 1. The maximum atomic E-state index is 12.5. The van der Waals surface area contributed by atoms with Gasteiger partial charge in [0, 0.05) is 17.1 Å². The summed E-state index contributed by atoms with van der Waals surface area (Å²) in [6.45, 7) is 2.40. The predicted molar refractivity (Wildman–Crippen MR) is 99.3 cm³/mol. The van der Waals surface area contributed by atoms with Gasteiger partial charge >= 0.3 is 0 Å². The minimum Gasteiger partial charge on any atom is -0.352 e. The molecule has 2 atom stereocenters. The van der Waals surface area contributed by atoms with Crippen molar-refractivity contribution in [2.24, 2.45) is 0 Å². The molecule has 24 heavy (non-hydrogen) atoms. The topological polar surface area (TPSA) is 66.5 Å². The summed E-state index contributed by atoms with van der Waals surface area (Å²) in [4.78, 5) is 12.5. The SMILES string of the molecule is CC(CCc1ccc(Br)cc1)NC(=O)C1CCCCN1S(C)(=O)=O. The number of carbonyl (C=O) groups excluding carboxylic acids is 1. The van der Waals surface area contributed by atoms with E-state index in [0.29, 0.717) is 13.0 Å². The molecule has 0 aliphatic carbocycles. The van der Waals surface area contributed by atoms with Crippen LogP contribution in [0.2, 0.25) is 0 Å². The van der Waals surface area contributed by atoms with Gasteiger partial charge in [-0.15, -0.1) is 0 Å². The molecule has 2 unspecified atom stereocenters. The van der Waals surface area contributed by atoms with E-state index in [2.05, 4.69) is 33.4 Å². The van der Waals surface area contributed by atoms with Crippen LogP contribution in [-0.4, -0.2) is 43.5 Å². The van der Waals surface area contributed by atoms with Gasteiger partial charge < -0.3 is 5.32 Å². The quantitative estimate of drug-likeness (QED) is 0.774. The summed E-state index contributed by atoms with van der Waals surface area (Å²) >= 11 is 3.41. The third-order valence-corrected chi connectivity index (χ3v) is 6.17. The van der Waals surface area contributed by atoms with Gasteiger partial charge in [0.1, 0.15) is 6.04 Å². The second-order valence-corrected chi connectivity index (χ2v) is 9.31. The van der Waals surface area contributed by atoms with Crippen molar-refractivity contribution in [3.8, 4) is 0 Å². The van der Waals surface area contributed by atoms with E-state index in [1.165, 1.54) is 16.1 Å². The Morgan fingerprint density at radius 2 is 2.00 bits per heavy atom. The van der Waals surface area contributed by atoms with Crippen molar-refractivity contribution >= 4 is 31.9 Å². The van der Waals surface area contributed by atoms with E-state index in [4.69, 9.17) is 0 Å². The smallest absolute Gasteiger partial charge is 0.238 e. The molecule has 0 bridgehead atoms. The molecule has 1 fully saturated rings. The maximum Gasteiger partial charge on any atom is 0.238 e. The molecule has 1 aromatic rings. The first-order chi connectivity index (χ1) is 11.3. The number of aryl methyl sites for hydroxylation is 1. The second-order valence-electron chi connectivity index (χ2n) is 6.46. The highest BCUT2D eigenvalue weighted by Gasteiger charge is 2.34. The largest absolute Gasteiger partial charge is 0.352 e. The number of nitrogens with one attached hydrogen (secondary N) is 1. The number of hydrogen-bond acceptors (Lipinski definition) is 3. The number of amides is 1. The van der Waals surface area contributed by atoms with Crippen LogP contribution in [0.4, 0.5) is 0 Å². The van der Waals surface area contributed by atoms with E-state index in [0.717, 1.165) is 30.2 Å². The lowest BCUT2D eigenvalue weighted by atomic mass is 10.0. The van der Waals surface area contributed by atoms with Crippen molar-refractivity contribution < 1.29 is 13.2 Å². The first-order valence-corrected chi connectivity index (χ1v) is 10.9. The summed E-state index contributed by atoms with van der Waals surface area (Å²) in [6.07, 6.45) is 5.16. The van der Waals surface area contributed by atoms with Gasteiger partial charge in [0.2, 0.25) is 15.9 Å². The zero-order valence-corrected chi connectivity index (χ0v) is 16.6. The standard InChI is InChI=1S/C17H25BrN2O3S/c1-13(6-7-14-8-10-15(18)11-9-14)19-17(21)16-5-3-4-12-20(16)24(2,22)23/h8-11,13,16H,3-7,12H2,1-2H3,(H,19,21). The summed E-state index contributed by atoms with van der Waals surface area (Å²) in [6, 6.07) is 7.57. The Hall–Kier alpha value is -0.920. The zero-order valence-electron chi connectivity index (χ0n) is 14.2. The highest BCUT2D eigenvalue weighted by atomic mass is 79.9. The molecule has 1 aliphatic rings. The second kappa shape index (κ2) is 8.45. The number of rotatable bonds is 6. The van der Waals surface area contributed by atoms with Crippen LogP contribution in [0.1, 0.15) is 38.2 Å². The molecule has 1 saturated heterocycles. The van der Waals surface area contributed by atoms with Crippen molar-refractivity contribution in [3.05, 3.63) is 34.3 Å². The lowest BCUT2D eigenvalue weighted by Crippen LogP contribution is -2.53. The van der Waals surface area contributed by atoms with Gasteiger partial charge in [0.05, 0.1) is 6.26 Å². The van der Waals surface area contributed by atoms with Crippen LogP contribution < -0.4 is 5.32 Å². The van der Waals surface area contributed by atoms with Crippen LogP contribution in [0, 0.1) is 0 Å². The average Bonchev–Trinajstić information content (AvgIpc) is 2.53. The maximum absolute atomic E-state index is 12.5. The molecule has 1 heterocycles. The molecule has 0 radical (unpaired) electrons. The highest BCUT2D eigenvalue weighted by molar-refractivity contribution is 9.10. The summed E-state index contributed by atoms with van der Waals surface area (Å²) in [7, 11) is -3.35. The number of nitrogens with zero attached hydrogens (tertiary/aromatic N) is 1. The zero-order chi connectivity index (χ0) is 17.7. The summed E-state index contributed by atoms with van der Waals surface area (Å²) < 4.78 is 26.1. The molecule has 0 spiro atoms. The normalized spacial score (nSPS) is 20.5. The van der Waals surface area contributed by atoms with Crippen LogP contribution in [-0.2, 0) is 21.2 Å². The molecule has 134 valence electrons. The first kappa shape index (κ1) is 19.4. The molecule has 1 N–H and O–H groups in total. The lowest BCUT2D eigenvalue weighted by molar-refractivity contribution is -0.126. The Morgan fingerprint density at radius 1 is 1.33 bits per heavy atom. The van der Waals surface area contributed by atoms with Gasteiger partial charge in [0.25, 0.3) is 0 Å². The fourth-order valence-electron chi connectivity index (χ4n) is 3.01. The van der Waals surface area contributed by atoms with E-state index in [1.54, 1.807) is 0 Å². The monoisotopic (exact) mass is 416 g/mol. The number of piperidine rings is 1. The van der Waals surface area contributed by atoms with Crippen LogP contribution >= 0.6 is 15.9 Å². The molecular weight excluding hydrogens is 392 g/mol. The summed E-state index contributed by atoms with van der Waals surface area (Å²) in [5.41, 5.74) is 1.22. The van der Waals surface area contributed by atoms with E-state index >= 15 is 0 Å². The molecule has 0 saturated carbocycles. The summed E-state index contributed by atoms with van der Waals surface area (Å²) in [5, 5.41) is 2.98. The fraction of sp³-hybridized carbons (Fsp3) is 0.588. The molecular formula is C17H25BrN2O3S. The van der Waals surface area contributed by atoms with Crippen LogP contribution in [0.25, 0.3) is 0 Å². The van der Waals surface area contributed by atoms with E-state index in [1.807, 2.05) is 19.1 Å². The Labute approximate surface area is 153 Å². The Bertz CT molecular complexity index is 661. The number of hydrogen-bond donors (Lipinski definition) is 1. The minimum atomic E-state index is -3.35. The fourth-order valence-corrected chi connectivity index (χ4v) is 4.40. The van der Waals surface area contributed by atoms with Crippen LogP contribution in [0.15, 0.2) is 28.7 Å². The van der Waals surface area contributed by atoms with Gasteiger partial charge in [-0.25, -0.2) is 8.42 Å². The van der Waals surface area contributed by atoms with Gasteiger partial charge in [-0.05, 0) is 50.3 Å². The molecule has 5 nitrogen and oxygen atoms in total.